The molecule has 1 aliphatic carbocycles. The molecule has 1 aliphatic rings. The maximum absolute atomic E-state index is 12.1. The SMILES string of the molecule is CCC1c2ccc(Br)cc2C(CC)C1C(=O)OC(=O)O. The van der Waals surface area contributed by atoms with Crippen molar-refractivity contribution in [1.82, 2.24) is 0 Å². The van der Waals surface area contributed by atoms with Gasteiger partial charge in [0.05, 0.1) is 5.92 Å². The second-order valence-corrected chi connectivity index (χ2v) is 5.93. The summed E-state index contributed by atoms with van der Waals surface area (Å²) >= 11 is 3.45. The Bertz CT molecular complexity index is 541. The van der Waals surface area contributed by atoms with Crippen molar-refractivity contribution in [2.24, 2.45) is 5.92 Å². The van der Waals surface area contributed by atoms with E-state index >= 15 is 0 Å². The Kier molecular flexibility index (Phi) is 4.48. The summed E-state index contributed by atoms with van der Waals surface area (Å²) in [5.41, 5.74) is 2.26. The Morgan fingerprint density at radius 1 is 1.20 bits per heavy atom. The summed E-state index contributed by atoms with van der Waals surface area (Å²) in [6, 6.07) is 6.00. The molecule has 0 radical (unpaired) electrons. The Morgan fingerprint density at radius 2 is 1.80 bits per heavy atom. The van der Waals surface area contributed by atoms with Gasteiger partial charge in [0, 0.05) is 4.47 Å². The van der Waals surface area contributed by atoms with Gasteiger partial charge in [0.15, 0.2) is 0 Å². The molecule has 0 saturated heterocycles. The Labute approximate surface area is 126 Å². The van der Waals surface area contributed by atoms with E-state index in [2.05, 4.69) is 20.7 Å². The zero-order valence-electron chi connectivity index (χ0n) is 11.4. The fourth-order valence-corrected chi connectivity index (χ4v) is 3.68. The maximum atomic E-state index is 12.1. The number of carbonyl (C=O) groups excluding carboxylic acids is 1. The number of fused-ring (bicyclic) bond motifs is 1. The van der Waals surface area contributed by atoms with Gasteiger partial charge in [-0.25, -0.2) is 4.79 Å². The molecule has 3 atom stereocenters. The van der Waals surface area contributed by atoms with Crippen LogP contribution in [-0.2, 0) is 9.53 Å². The first-order valence-electron chi connectivity index (χ1n) is 6.73. The van der Waals surface area contributed by atoms with Crippen LogP contribution in [0.1, 0.15) is 49.7 Å². The second kappa shape index (κ2) is 5.95. The van der Waals surface area contributed by atoms with E-state index in [0.29, 0.717) is 0 Å². The zero-order valence-corrected chi connectivity index (χ0v) is 13.0. The molecule has 0 fully saturated rings. The van der Waals surface area contributed by atoms with E-state index in [0.717, 1.165) is 28.4 Å². The highest BCUT2D eigenvalue weighted by Crippen LogP contribution is 2.50. The van der Waals surface area contributed by atoms with Gasteiger partial charge in [-0.1, -0.05) is 35.8 Å². The van der Waals surface area contributed by atoms with E-state index < -0.39 is 18.0 Å². The lowest BCUT2D eigenvalue weighted by Gasteiger charge is -2.21. The van der Waals surface area contributed by atoms with Crippen molar-refractivity contribution in [2.75, 3.05) is 0 Å². The fraction of sp³-hybridized carbons (Fsp3) is 0.467. The van der Waals surface area contributed by atoms with Crippen LogP contribution >= 0.6 is 15.9 Å². The lowest BCUT2D eigenvalue weighted by Crippen LogP contribution is -2.26. The van der Waals surface area contributed by atoms with E-state index in [1.165, 1.54) is 0 Å². The van der Waals surface area contributed by atoms with Gasteiger partial charge in [0.25, 0.3) is 0 Å². The number of rotatable bonds is 3. The molecule has 0 amide bonds. The minimum Gasteiger partial charge on any atom is -0.449 e. The summed E-state index contributed by atoms with van der Waals surface area (Å²) in [6.07, 6.45) is 0.0287. The van der Waals surface area contributed by atoms with Crippen molar-refractivity contribution >= 4 is 28.1 Å². The predicted octanol–water partition coefficient (Wildman–Crippen LogP) is 4.29. The first-order chi connectivity index (χ1) is 9.49. The van der Waals surface area contributed by atoms with E-state index in [9.17, 15) is 9.59 Å². The van der Waals surface area contributed by atoms with Gasteiger partial charge >= 0.3 is 12.1 Å². The summed E-state index contributed by atoms with van der Waals surface area (Å²) in [5.74, 6) is -1.01. The van der Waals surface area contributed by atoms with E-state index in [1.807, 2.05) is 32.0 Å². The molecule has 0 bridgehead atoms. The molecular formula is C15H17BrO4. The van der Waals surface area contributed by atoms with Gasteiger partial charge in [0.2, 0.25) is 0 Å². The number of carboxylic acid groups (broad SMARTS) is 1. The van der Waals surface area contributed by atoms with Crippen LogP contribution in [0, 0.1) is 5.92 Å². The molecule has 0 spiro atoms. The molecule has 0 heterocycles. The van der Waals surface area contributed by atoms with Crippen LogP contribution in [0.5, 0.6) is 0 Å². The summed E-state index contributed by atoms with van der Waals surface area (Å²) in [7, 11) is 0. The third-order valence-electron chi connectivity index (χ3n) is 4.05. The van der Waals surface area contributed by atoms with Crippen LogP contribution in [0.25, 0.3) is 0 Å². The van der Waals surface area contributed by atoms with Crippen molar-refractivity contribution in [2.45, 2.75) is 38.5 Å². The van der Waals surface area contributed by atoms with Gasteiger partial charge in [-0.05, 0) is 47.9 Å². The highest BCUT2D eigenvalue weighted by molar-refractivity contribution is 9.10. The number of ether oxygens (including phenoxy) is 1. The van der Waals surface area contributed by atoms with Crippen molar-refractivity contribution in [1.29, 1.82) is 0 Å². The lowest BCUT2D eigenvalue weighted by atomic mass is 9.84. The minimum absolute atomic E-state index is 0.0132. The third-order valence-corrected chi connectivity index (χ3v) is 4.55. The summed E-state index contributed by atoms with van der Waals surface area (Å²) in [4.78, 5) is 22.8. The molecule has 108 valence electrons. The van der Waals surface area contributed by atoms with Gasteiger partial charge in [-0.15, -0.1) is 0 Å². The van der Waals surface area contributed by atoms with Crippen molar-refractivity contribution < 1.29 is 19.4 Å². The molecule has 4 nitrogen and oxygen atoms in total. The predicted molar refractivity (Wildman–Crippen MR) is 77.8 cm³/mol. The van der Waals surface area contributed by atoms with E-state index in [1.54, 1.807) is 0 Å². The van der Waals surface area contributed by atoms with Gasteiger partial charge < -0.3 is 9.84 Å². The largest absolute Gasteiger partial charge is 0.513 e. The molecule has 1 aromatic carbocycles. The maximum Gasteiger partial charge on any atom is 0.513 e. The second-order valence-electron chi connectivity index (χ2n) is 5.02. The summed E-state index contributed by atoms with van der Waals surface area (Å²) < 4.78 is 5.40. The summed E-state index contributed by atoms with van der Waals surface area (Å²) in [5, 5.41) is 8.67. The Balaban J connectivity index is 2.43. The number of benzene rings is 1. The lowest BCUT2D eigenvalue weighted by molar-refractivity contribution is -0.145. The van der Waals surface area contributed by atoms with Crippen LogP contribution < -0.4 is 0 Å². The quantitative estimate of drug-likeness (QED) is 0.658. The van der Waals surface area contributed by atoms with Crippen LogP contribution in [0.15, 0.2) is 22.7 Å². The normalized spacial score (nSPS) is 24.2. The summed E-state index contributed by atoms with van der Waals surface area (Å²) in [6.45, 7) is 4.02. The molecule has 2 rings (SSSR count). The first-order valence-corrected chi connectivity index (χ1v) is 7.52. The average molecular weight is 341 g/mol. The smallest absolute Gasteiger partial charge is 0.449 e. The number of carbonyl (C=O) groups is 2. The van der Waals surface area contributed by atoms with Gasteiger partial charge in [-0.2, -0.15) is 0 Å². The standard InChI is InChI=1S/C15H17BrO4/c1-3-9-11-6-5-8(16)7-12(11)10(4-2)13(9)14(17)20-15(18)19/h5-7,9-10,13H,3-4H2,1-2H3,(H,18,19). The molecule has 0 saturated carbocycles. The third kappa shape index (κ3) is 2.59. The molecule has 20 heavy (non-hydrogen) atoms. The van der Waals surface area contributed by atoms with Crippen LogP contribution in [-0.4, -0.2) is 17.2 Å². The van der Waals surface area contributed by atoms with Crippen molar-refractivity contribution in [3.05, 3.63) is 33.8 Å². The van der Waals surface area contributed by atoms with E-state index in [-0.39, 0.29) is 11.8 Å². The molecule has 1 N–H and O–H groups in total. The average Bonchev–Trinajstić information content (AvgIpc) is 2.70. The molecule has 3 unspecified atom stereocenters. The highest BCUT2D eigenvalue weighted by atomic mass is 79.9. The topological polar surface area (TPSA) is 63.6 Å². The number of hydrogen-bond donors (Lipinski definition) is 1. The number of hydrogen-bond acceptors (Lipinski definition) is 3. The highest BCUT2D eigenvalue weighted by Gasteiger charge is 2.44. The number of esters is 1. The minimum atomic E-state index is -1.53. The van der Waals surface area contributed by atoms with Gasteiger partial charge in [0.1, 0.15) is 0 Å². The van der Waals surface area contributed by atoms with Crippen molar-refractivity contribution in [3.8, 4) is 0 Å². The van der Waals surface area contributed by atoms with Crippen LogP contribution in [0.3, 0.4) is 0 Å². The van der Waals surface area contributed by atoms with Crippen LogP contribution in [0.2, 0.25) is 0 Å². The Hall–Kier alpha value is -1.36. The first kappa shape index (κ1) is 15.0. The molecule has 0 aliphatic heterocycles. The zero-order chi connectivity index (χ0) is 14.9. The van der Waals surface area contributed by atoms with Crippen molar-refractivity contribution in [3.63, 3.8) is 0 Å². The number of halogens is 1. The van der Waals surface area contributed by atoms with E-state index in [4.69, 9.17) is 5.11 Å². The molecular weight excluding hydrogens is 324 g/mol. The molecule has 1 aromatic rings. The fourth-order valence-electron chi connectivity index (χ4n) is 3.30. The molecule has 0 aromatic heterocycles. The Morgan fingerprint density at radius 3 is 2.35 bits per heavy atom. The van der Waals surface area contributed by atoms with Crippen LogP contribution in [0.4, 0.5) is 4.79 Å². The monoisotopic (exact) mass is 340 g/mol. The molecule has 5 heteroatoms. The van der Waals surface area contributed by atoms with Gasteiger partial charge in [-0.3, -0.25) is 4.79 Å².